The van der Waals surface area contributed by atoms with Crippen LogP contribution in [0.1, 0.15) is 0 Å². The molecule has 2 heterocycles. The summed E-state index contributed by atoms with van der Waals surface area (Å²) in [6.45, 7) is -0.222. The van der Waals surface area contributed by atoms with Crippen LogP contribution in [0.25, 0.3) is 22.2 Å². The maximum absolute atomic E-state index is 12.2. The van der Waals surface area contributed by atoms with Gasteiger partial charge in [-0.1, -0.05) is 23.5 Å². The first-order valence-electron chi connectivity index (χ1n) is 5.52. The number of carboxylic acid groups (broad SMARTS) is 1. The van der Waals surface area contributed by atoms with E-state index in [0.717, 1.165) is 11.0 Å². The number of hydrogen-bond acceptors (Lipinski definition) is 5. The van der Waals surface area contributed by atoms with Crippen LogP contribution in [0.15, 0.2) is 29.1 Å². The fourth-order valence-electron chi connectivity index (χ4n) is 1.84. The molecule has 0 bridgehead atoms. The summed E-state index contributed by atoms with van der Waals surface area (Å²) in [5, 5.41) is 11.1. The van der Waals surface area contributed by atoms with Crippen LogP contribution in [0.3, 0.4) is 0 Å². The Morgan fingerprint density at radius 3 is 3.05 bits per heavy atom. The van der Waals surface area contributed by atoms with Crippen LogP contribution < -0.4 is 15.4 Å². The summed E-state index contributed by atoms with van der Waals surface area (Å²) >= 11 is 1.23. The summed E-state index contributed by atoms with van der Waals surface area (Å²) in [6, 6.07) is 7.39. The van der Waals surface area contributed by atoms with Crippen molar-refractivity contribution in [3.05, 3.63) is 39.2 Å². The van der Waals surface area contributed by atoms with Crippen LogP contribution in [0.5, 0.6) is 0 Å². The average molecular weight is 275 g/mol. The number of rotatable bonds is 3. The molecule has 0 fully saturated rings. The van der Waals surface area contributed by atoms with E-state index in [2.05, 4.69) is 10.3 Å². The highest BCUT2D eigenvalue weighted by Crippen LogP contribution is 2.15. The number of nitrogens with one attached hydrogen (secondary N) is 1. The maximum atomic E-state index is 12.2. The van der Waals surface area contributed by atoms with Gasteiger partial charge in [0.1, 0.15) is 11.1 Å². The number of aliphatic carboxylic acids is 1. The molecular weight excluding hydrogens is 266 g/mol. The van der Waals surface area contributed by atoms with E-state index >= 15 is 0 Å². The second-order valence-corrected chi connectivity index (χ2v) is 4.92. The molecule has 0 atom stereocenters. The molecular formula is C12H9N3O3S. The number of nitrogens with zero attached hydrogens (tertiary/aromatic N) is 2. The lowest BCUT2D eigenvalue weighted by Gasteiger charge is -1.90. The smallest absolute Gasteiger partial charge is 0.322 e. The van der Waals surface area contributed by atoms with Gasteiger partial charge in [0.25, 0.3) is 5.56 Å². The second kappa shape index (κ2) is 4.36. The average Bonchev–Trinajstić information content (AvgIpc) is 2.87. The molecule has 0 radical (unpaired) electrons. The van der Waals surface area contributed by atoms with Crippen molar-refractivity contribution in [2.24, 2.45) is 0 Å². The predicted molar refractivity (Wildman–Crippen MR) is 72.2 cm³/mol. The number of carbonyl (C=O) groups is 1. The van der Waals surface area contributed by atoms with Gasteiger partial charge < -0.3 is 10.4 Å². The van der Waals surface area contributed by atoms with Gasteiger partial charge in [0.15, 0.2) is 4.96 Å². The van der Waals surface area contributed by atoms with E-state index in [0.29, 0.717) is 9.49 Å². The molecule has 2 N–H and O–H groups in total. The van der Waals surface area contributed by atoms with E-state index in [1.807, 2.05) is 24.3 Å². The van der Waals surface area contributed by atoms with Crippen LogP contribution >= 0.6 is 11.3 Å². The van der Waals surface area contributed by atoms with Gasteiger partial charge >= 0.3 is 5.97 Å². The lowest BCUT2D eigenvalue weighted by atomic mass is 10.3. The van der Waals surface area contributed by atoms with Crippen LogP contribution in [0.2, 0.25) is 0 Å². The van der Waals surface area contributed by atoms with Gasteiger partial charge in [-0.2, -0.15) is 0 Å². The Balaban J connectivity index is 2.16. The molecule has 7 heteroatoms. The van der Waals surface area contributed by atoms with Gasteiger partial charge in [0, 0.05) is 6.20 Å². The van der Waals surface area contributed by atoms with Crippen LogP contribution in [0.4, 0.5) is 0 Å². The zero-order chi connectivity index (χ0) is 13.4. The predicted octanol–water partition coefficient (Wildman–Crippen LogP) is 0.0403. The fraction of sp³-hybridized carbons (Fsp3) is 0.0833. The largest absolute Gasteiger partial charge is 0.480 e. The van der Waals surface area contributed by atoms with Gasteiger partial charge in [-0.3, -0.25) is 9.59 Å². The Morgan fingerprint density at radius 2 is 2.26 bits per heavy atom. The maximum Gasteiger partial charge on any atom is 0.322 e. The molecule has 6 nitrogen and oxygen atoms in total. The van der Waals surface area contributed by atoms with E-state index in [4.69, 9.17) is 5.11 Å². The zero-order valence-corrected chi connectivity index (χ0v) is 10.5. The Morgan fingerprint density at radius 1 is 1.47 bits per heavy atom. The third-order valence-electron chi connectivity index (χ3n) is 2.63. The van der Waals surface area contributed by atoms with Gasteiger partial charge in [-0.05, 0) is 12.1 Å². The van der Waals surface area contributed by atoms with Crippen molar-refractivity contribution in [1.29, 1.82) is 0 Å². The molecule has 19 heavy (non-hydrogen) atoms. The normalized spacial score (nSPS) is 12.3. The van der Waals surface area contributed by atoms with Gasteiger partial charge in [0.05, 0.1) is 11.0 Å². The molecule has 3 aromatic rings. The highest BCUT2D eigenvalue weighted by atomic mass is 32.1. The topological polar surface area (TPSA) is 83.7 Å². The number of para-hydroxylation sites is 2. The minimum atomic E-state index is -0.976. The van der Waals surface area contributed by atoms with Crippen LogP contribution in [0, 0.1) is 0 Å². The second-order valence-electron chi connectivity index (χ2n) is 3.91. The van der Waals surface area contributed by atoms with Gasteiger partial charge in [-0.25, -0.2) is 9.38 Å². The van der Waals surface area contributed by atoms with E-state index in [9.17, 15) is 9.59 Å². The molecule has 0 unspecified atom stereocenters. The molecule has 2 aromatic heterocycles. The van der Waals surface area contributed by atoms with E-state index in [1.54, 1.807) is 0 Å². The van der Waals surface area contributed by atoms with Crippen LogP contribution in [-0.4, -0.2) is 27.0 Å². The van der Waals surface area contributed by atoms with Gasteiger partial charge in [0.2, 0.25) is 0 Å². The van der Waals surface area contributed by atoms with Crippen molar-refractivity contribution in [3.8, 4) is 0 Å². The molecule has 0 aliphatic heterocycles. The minimum absolute atomic E-state index is 0.188. The molecule has 1 aromatic carbocycles. The molecule has 0 saturated heterocycles. The molecule has 3 rings (SSSR count). The first-order chi connectivity index (χ1) is 9.16. The first-order valence-corrected chi connectivity index (χ1v) is 6.34. The highest BCUT2D eigenvalue weighted by molar-refractivity contribution is 7.15. The molecule has 0 spiro atoms. The number of thiazole rings is 1. The number of carboxylic acids is 1. The van der Waals surface area contributed by atoms with E-state index < -0.39 is 5.97 Å². The summed E-state index contributed by atoms with van der Waals surface area (Å²) in [5.74, 6) is -0.976. The third kappa shape index (κ3) is 1.93. The van der Waals surface area contributed by atoms with Crippen molar-refractivity contribution < 1.29 is 9.90 Å². The molecule has 96 valence electrons. The standard InChI is InChI=1S/C12H9N3O3S/c16-10(17)6-13-5-9-11(18)15-8-4-2-1-3-7(8)14-12(15)19-9/h1-5,13H,6H2,(H,16,17)/b9-5-. The fourth-order valence-corrected chi connectivity index (χ4v) is 2.78. The van der Waals surface area contributed by atoms with Crippen molar-refractivity contribution >= 4 is 39.5 Å². The van der Waals surface area contributed by atoms with Crippen molar-refractivity contribution in [3.63, 3.8) is 0 Å². The van der Waals surface area contributed by atoms with Gasteiger partial charge in [-0.15, -0.1) is 0 Å². The Bertz CT molecular complexity index is 881. The van der Waals surface area contributed by atoms with E-state index in [-0.39, 0.29) is 12.1 Å². The zero-order valence-electron chi connectivity index (χ0n) is 9.66. The number of imidazole rings is 1. The molecule has 0 aliphatic carbocycles. The van der Waals surface area contributed by atoms with Crippen molar-refractivity contribution in [2.45, 2.75) is 0 Å². The lowest BCUT2D eigenvalue weighted by Crippen LogP contribution is -2.27. The summed E-state index contributed by atoms with van der Waals surface area (Å²) in [4.78, 5) is 27.6. The monoisotopic (exact) mass is 275 g/mol. The summed E-state index contributed by atoms with van der Waals surface area (Å²) < 4.78 is 1.98. The quantitative estimate of drug-likeness (QED) is 0.705. The third-order valence-corrected chi connectivity index (χ3v) is 3.60. The SMILES string of the molecule is O=C(O)CN/C=c1\sc2nc3ccccc3n2c1=O. The number of aromatic nitrogens is 2. The van der Waals surface area contributed by atoms with E-state index in [1.165, 1.54) is 21.9 Å². The molecule has 0 saturated carbocycles. The molecule has 0 amide bonds. The number of benzene rings is 1. The first kappa shape index (κ1) is 11.7. The summed E-state index contributed by atoms with van der Waals surface area (Å²) in [6.07, 6.45) is 1.42. The number of hydrogen-bond donors (Lipinski definition) is 2. The summed E-state index contributed by atoms with van der Waals surface area (Å²) in [5.41, 5.74) is 1.35. The Hall–Kier alpha value is -2.41. The summed E-state index contributed by atoms with van der Waals surface area (Å²) in [7, 11) is 0. The van der Waals surface area contributed by atoms with Crippen LogP contribution in [-0.2, 0) is 4.79 Å². The Labute approximate surface area is 110 Å². The van der Waals surface area contributed by atoms with Crippen molar-refractivity contribution in [2.75, 3.05) is 6.54 Å². The Kier molecular flexibility index (Phi) is 2.68. The number of fused-ring (bicyclic) bond motifs is 3. The minimum Gasteiger partial charge on any atom is -0.480 e. The molecule has 0 aliphatic rings. The highest BCUT2D eigenvalue weighted by Gasteiger charge is 2.10. The lowest BCUT2D eigenvalue weighted by molar-refractivity contribution is -0.135. The van der Waals surface area contributed by atoms with Crippen molar-refractivity contribution in [1.82, 2.24) is 14.7 Å².